The van der Waals surface area contributed by atoms with Crippen LogP contribution in [0.4, 0.5) is 5.69 Å². The van der Waals surface area contributed by atoms with Crippen LogP contribution in [0.5, 0.6) is 5.75 Å². The van der Waals surface area contributed by atoms with Gasteiger partial charge in [-0.3, -0.25) is 0 Å². The van der Waals surface area contributed by atoms with Crippen LogP contribution in [-0.2, 0) is 14.3 Å². The fourth-order valence-electron chi connectivity index (χ4n) is 3.12. The summed E-state index contributed by atoms with van der Waals surface area (Å²) in [4.78, 5) is 3.06. The lowest BCUT2D eigenvalue weighted by atomic mass is 10.2. The molecule has 1 aliphatic rings. The highest BCUT2D eigenvalue weighted by molar-refractivity contribution is 8.01. The summed E-state index contributed by atoms with van der Waals surface area (Å²) in [5.74, 6) is 0.776. The quantitative estimate of drug-likeness (QED) is 0.705. The van der Waals surface area contributed by atoms with Gasteiger partial charge in [0.1, 0.15) is 5.75 Å². The summed E-state index contributed by atoms with van der Waals surface area (Å²) < 4.78 is 36.8. The average molecular weight is 394 g/mol. The second kappa shape index (κ2) is 6.79. The lowest BCUT2D eigenvalue weighted by Crippen LogP contribution is -2.44. The maximum atomic E-state index is 12.8. The van der Waals surface area contributed by atoms with E-state index in [9.17, 15) is 8.42 Å². The highest BCUT2D eigenvalue weighted by Crippen LogP contribution is 2.53. The van der Waals surface area contributed by atoms with E-state index >= 15 is 0 Å². The molecule has 140 valence electrons. The summed E-state index contributed by atoms with van der Waals surface area (Å²) >= 11 is 1.38. The molecular weight excluding hydrogens is 370 g/mol. The van der Waals surface area contributed by atoms with E-state index in [1.807, 2.05) is 37.8 Å². The molecule has 7 heteroatoms. The van der Waals surface area contributed by atoms with Crippen molar-refractivity contribution in [3.8, 4) is 5.75 Å². The number of methoxy groups -OCH3 is 1. The zero-order valence-corrected chi connectivity index (χ0v) is 17.2. The van der Waals surface area contributed by atoms with Gasteiger partial charge in [0, 0.05) is 11.4 Å². The molecule has 1 aliphatic heterocycles. The molecule has 3 rings (SSSR count). The second-order valence-electron chi connectivity index (χ2n) is 6.38. The predicted octanol–water partition coefficient (Wildman–Crippen LogP) is 4.32. The number of hydrogen-bond donors (Lipinski definition) is 0. The Balaban J connectivity index is 1.97. The Morgan fingerprint density at radius 3 is 2.38 bits per heavy atom. The van der Waals surface area contributed by atoms with Crippen molar-refractivity contribution in [2.75, 3.05) is 18.6 Å². The minimum absolute atomic E-state index is 0.158. The maximum Gasteiger partial charge on any atom is 0.299 e. The molecule has 0 spiro atoms. The summed E-state index contributed by atoms with van der Waals surface area (Å²) in [6, 6.07) is 10.6. The van der Waals surface area contributed by atoms with Gasteiger partial charge in [-0.25, -0.2) is 4.18 Å². The van der Waals surface area contributed by atoms with Gasteiger partial charge in [-0.05, 0) is 57.5 Å². The van der Waals surface area contributed by atoms with E-state index in [1.54, 1.807) is 38.3 Å². The molecule has 1 atom stereocenters. The Bertz CT molecular complexity index is 925. The third-order valence-electron chi connectivity index (χ3n) is 4.45. The fourth-order valence-corrected chi connectivity index (χ4v) is 5.77. The van der Waals surface area contributed by atoms with Crippen molar-refractivity contribution >= 4 is 27.6 Å². The van der Waals surface area contributed by atoms with Crippen LogP contribution >= 0.6 is 11.8 Å². The van der Waals surface area contributed by atoms with E-state index in [0.717, 1.165) is 27.5 Å². The van der Waals surface area contributed by atoms with Crippen LogP contribution in [0.25, 0.3) is 0 Å². The fraction of sp³-hybridized carbons (Fsp3) is 0.368. The maximum absolute atomic E-state index is 12.8. The number of fused-ring (bicyclic) bond motifs is 1. The van der Waals surface area contributed by atoms with E-state index < -0.39 is 15.2 Å². The lowest BCUT2D eigenvalue weighted by Gasteiger charge is -2.34. The Kier molecular flexibility index (Phi) is 4.98. The summed E-state index contributed by atoms with van der Waals surface area (Å²) in [6.45, 7) is 8.27. The van der Waals surface area contributed by atoms with E-state index in [-0.39, 0.29) is 4.90 Å². The molecular formula is C19H23NO4S2. The number of benzene rings is 2. The summed E-state index contributed by atoms with van der Waals surface area (Å²) in [5.41, 5.74) is 2.95. The first-order valence-corrected chi connectivity index (χ1v) is 10.6. The molecule has 0 aromatic heterocycles. The van der Waals surface area contributed by atoms with Gasteiger partial charge in [0.2, 0.25) is 5.06 Å². The smallest absolute Gasteiger partial charge is 0.299 e. The molecule has 2 aromatic carbocycles. The average Bonchev–Trinajstić information content (AvgIpc) is 2.83. The van der Waals surface area contributed by atoms with E-state index in [1.165, 1.54) is 11.8 Å². The largest absolute Gasteiger partial charge is 0.496 e. The number of anilines is 1. The first-order valence-electron chi connectivity index (χ1n) is 8.38. The van der Waals surface area contributed by atoms with Gasteiger partial charge in [-0.1, -0.05) is 29.5 Å². The Morgan fingerprint density at radius 1 is 1.15 bits per heavy atom. The summed E-state index contributed by atoms with van der Waals surface area (Å²) in [7, 11) is -2.27. The summed E-state index contributed by atoms with van der Waals surface area (Å²) in [5, 5.41) is -1.06. The molecule has 5 nitrogen and oxygen atoms in total. The van der Waals surface area contributed by atoms with Crippen molar-refractivity contribution in [3.63, 3.8) is 0 Å². The lowest BCUT2D eigenvalue weighted by molar-refractivity contribution is 0.192. The summed E-state index contributed by atoms with van der Waals surface area (Å²) in [6.07, 6.45) is 0. The molecule has 0 fully saturated rings. The van der Waals surface area contributed by atoms with Crippen molar-refractivity contribution < 1.29 is 17.3 Å². The number of nitrogens with zero attached hydrogens (tertiary/aromatic N) is 1. The van der Waals surface area contributed by atoms with Crippen molar-refractivity contribution in [1.82, 2.24) is 0 Å². The van der Waals surface area contributed by atoms with Crippen LogP contribution in [0.15, 0.2) is 46.2 Å². The van der Waals surface area contributed by atoms with Gasteiger partial charge in [0.05, 0.1) is 17.7 Å². The molecule has 0 aliphatic carbocycles. The number of aryl methyl sites for hydroxylation is 2. The molecule has 26 heavy (non-hydrogen) atoms. The Hall–Kier alpha value is -1.70. The third kappa shape index (κ3) is 3.31. The van der Waals surface area contributed by atoms with E-state index in [2.05, 4.69) is 0 Å². The van der Waals surface area contributed by atoms with Gasteiger partial charge in [0.15, 0.2) is 0 Å². The predicted molar refractivity (Wildman–Crippen MR) is 104 cm³/mol. The second-order valence-corrected chi connectivity index (χ2v) is 9.33. The van der Waals surface area contributed by atoms with Crippen molar-refractivity contribution in [2.24, 2.45) is 0 Å². The molecule has 0 bridgehead atoms. The van der Waals surface area contributed by atoms with Crippen LogP contribution in [-0.4, -0.2) is 27.1 Å². The molecule has 0 amide bonds. The molecule has 2 aromatic rings. The number of ether oxygens (including phenoxy) is 1. The molecule has 0 saturated carbocycles. The van der Waals surface area contributed by atoms with Gasteiger partial charge in [0.25, 0.3) is 10.1 Å². The molecule has 0 saturated heterocycles. The monoisotopic (exact) mass is 393 g/mol. The first-order chi connectivity index (χ1) is 12.2. The van der Waals surface area contributed by atoms with Gasteiger partial charge < -0.3 is 9.64 Å². The van der Waals surface area contributed by atoms with E-state index in [4.69, 9.17) is 8.92 Å². The molecule has 1 heterocycles. The normalized spacial score (nSPS) is 19.5. The Labute approximate surface area is 159 Å². The minimum atomic E-state index is -3.90. The van der Waals surface area contributed by atoms with Crippen LogP contribution in [0.3, 0.4) is 0 Å². The van der Waals surface area contributed by atoms with Crippen LogP contribution in [0, 0.1) is 13.8 Å². The molecule has 0 radical (unpaired) electrons. The highest BCUT2D eigenvalue weighted by Gasteiger charge is 2.45. The van der Waals surface area contributed by atoms with Crippen molar-refractivity contribution in [3.05, 3.63) is 47.5 Å². The third-order valence-corrected chi connectivity index (χ3v) is 7.18. The SMILES string of the molecule is CCN1c2cc(C)c(OC)cc2SC1(C)OS(=O)(=O)c1ccc(C)cc1. The van der Waals surface area contributed by atoms with Gasteiger partial charge in [-0.2, -0.15) is 8.42 Å². The highest BCUT2D eigenvalue weighted by atomic mass is 32.2. The van der Waals surface area contributed by atoms with Crippen molar-refractivity contribution in [2.45, 2.75) is 42.5 Å². The Morgan fingerprint density at radius 2 is 1.81 bits per heavy atom. The zero-order chi connectivity index (χ0) is 19.1. The standard InChI is InChI=1S/C19H23NO4S2/c1-6-20-16-11-14(3)17(23-5)12-18(16)25-19(20,4)24-26(21,22)15-9-7-13(2)8-10-15/h7-12H,6H2,1-5H3. The minimum Gasteiger partial charge on any atom is -0.496 e. The number of hydrogen-bond acceptors (Lipinski definition) is 6. The van der Waals surface area contributed by atoms with E-state index in [0.29, 0.717) is 6.54 Å². The van der Waals surface area contributed by atoms with Crippen LogP contribution in [0.2, 0.25) is 0 Å². The number of thioether (sulfide) groups is 1. The number of rotatable bonds is 5. The molecule has 1 unspecified atom stereocenters. The van der Waals surface area contributed by atoms with Gasteiger partial charge in [-0.15, -0.1) is 0 Å². The van der Waals surface area contributed by atoms with Crippen LogP contribution < -0.4 is 9.64 Å². The van der Waals surface area contributed by atoms with Gasteiger partial charge >= 0.3 is 0 Å². The first kappa shape index (κ1) is 19.1. The molecule has 0 N–H and O–H groups in total. The topological polar surface area (TPSA) is 55.8 Å². The zero-order valence-electron chi connectivity index (χ0n) is 15.6. The van der Waals surface area contributed by atoms with Crippen molar-refractivity contribution in [1.29, 1.82) is 0 Å². The van der Waals surface area contributed by atoms with Crippen LogP contribution in [0.1, 0.15) is 25.0 Å².